The first kappa shape index (κ1) is 25.1. The van der Waals surface area contributed by atoms with Crippen molar-refractivity contribution in [2.75, 3.05) is 36.9 Å². The predicted octanol–water partition coefficient (Wildman–Crippen LogP) is 3.76. The highest BCUT2D eigenvalue weighted by molar-refractivity contribution is 7.92. The monoisotopic (exact) mass is 552 g/mol. The van der Waals surface area contributed by atoms with E-state index >= 15 is 0 Å². The molecule has 0 unspecified atom stereocenters. The maximum Gasteiger partial charge on any atom is 0.333 e. The highest BCUT2D eigenvalue weighted by Gasteiger charge is 2.27. The van der Waals surface area contributed by atoms with Crippen molar-refractivity contribution >= 4 is 44.6 Å². The van der Waals surface area contributed by atoms with Crippen LogP contribution in [0.5, 0.6) is 0 Å². The van der Waals surface area contributed by atoms with Crippen LogP contribution in [0.25, 0.3) is 5.57 Å². The van der Waals surface area contributed by atoms with E-state index in [-0.39, 0.29) is 4.21 Å². The molecular weight excluding hydrogens is 520 g/mol. The van der Waals surface area contributed by atoms with E-state index in [4.69, 9.17) is 0 Å². The van der Waals surface area contributed by atoms with Crippen LogP contribution in [-0.4, -0.2) is 55.6 Å². The van der Waals surface area contributed by atoms with Crippen LogP contribution in [-0.2, 0) is 42.9 Å². The minimum atomic E-state index is -3.97. The lowest BCUT2D eigenvalue weighted by Gasteiger charge is -2.28. The zero-order valence-electron chi connectivity index (χ0n) is 21.7. The number of sulfonamides is 1. The summed E-state index contributed by atoms with van der Waals surface area (Å²) in [6, 6.07) is 5.20. The van der Waals surface area contributed by atoms with Gasteiger partial charge in [-0.15, -0.1) is 11.3 Å². The SMILES string of the molecule is CN1CCc2sc(S(=O)(=O)NC(=O)Nc3c(C4=CCN(c5nccn5C)CC4)ccc4c3CCC4)cc2C1. The quantitative estimate of drug-likeness (QED) is 0.500. The molecule has 2 aromatic heterocycles. The van der Waals surface area contributed by atoms with Gasteiger partial charge in [-0.1, -0.05) is 18.2 Å². The van der Waals surface area contributed by atoms with Crippen LogP contribution in [0.15, 0.2) is 40.9 Å². The molecule has 2 aliphatic heterocycles. The number of aryl methyl sites for hydroxylation is 2. The average molecular weight is 553 g/mol. The van der Waals surface area contributed by atoms with Crippen molar-refractivity contribution in [3.8, 4) is 0 Å². The van der Waals surface area contributed by atoms with Gasteiger partial charge in [0.05, 0.1) is 5.69 Å². The Morgan fingerprint density at radius 2 is 1.95 bits per heavy atom. The minimum Gasteiger partial charge on any atom is -0.338 e. The number of hydrogen-bond donors (Lipinski definition) is 2. The van der Waals surface area contributed by atoms with Gasteiger partial charge in [0.1, 0.15) is 4.21 Å². The van der Waals surface area contributed by atoms with E-state index in [0.29, 0.717) is 0 Å². The van der Waals surface area contributed by atoms with Crippen molar-refractivity contribution < 1.29 is 13.2 Å². The van der Waals surface area contributed by atoms with Crippen LogP contribution in [0.3, 0.4) is 0 Å². The molecule has 4 heterocycles. The topological polar surface area (TPSA) is 99.6 Å². The molecule has 1 aliphatic carbocycles. The summed E-state index contributed by atoms with van der Waals surface area (Å²) in [7, 11) is 0.0367. The van der Waals surface area contributed by atoms with Crippen molar-refractivity contribution in [2.24, 2.45) is 7.05 Å². The summed E-state index contributed by atoms with van der Waals surface area (Å²) < 4.78 is 30.7. The number of hydrogen-bond acceptors (Lipinski definition) is 7. The average Bonchev–Trinajstić information content (AvgIpc) is 3.63. The highest BCUT2D eigenvalue weighted by atomic mass is 32.2. The number of aromatic nitrogens is 2. The molecule has 2 N–H and O–H groups in total. The molecule has 0 saturated heterocycles. The molecule has 0 saturated carbocycles. The standard InChI is InChI=1S/C27H32N6O3S2/c1-31-12-10-23-20(17-31)16-24(37-23)38(35,36)30-26(34)29-25-21-5-3-4-18(21)6-7-22(25)19-8-13-33(14-9-19)27-28-11-15-32(27)2/h6-8,11,15-16H,3-5,9-10,12-14,17H2,1-2H3,(H2,29,30,34). The van der Waals surface area contributed by atoms with Crippen LogP contribution in [0.1, 0.15) is 40.0 Å². The number of nitrogens with one attached hydrogen (secondary N) is 2. The Balaban J connectivity index is 1.23. The van der Waals surface area contributed by atoms with Gasteiger partial charge in [-0.2, -0.15) is 0 Å². The van der Waals surface area contributed by atoms with Gasteiger partial charge in [-0.3, -0.25) is 0 Å². The zero-order valence-corrected chi connectivity index (χ0v) is 23.3. The van der Waals surface area contributed by atoms with E-state index < -0.39 is 16.1 Å². The molecule has 200 valence electrons. The summed E-state index contributed by atoms with van der Waals surface area (Å²) in [5, 5.41) is 2.95. The Hall–Kier alpha value is -3.15. The Labute approximate surface area is 227 Å². The fourth-order valence-electron chi connectivity index (χ4n) is 5.73. The number of carbonyl (C=O) groups is 1. The van der Waals surface area contributed by atoms with Gasteiger partial charge in [-0.05, 0) is 67.5 Å². The number of benzene rings is 1. The van der Waals surface area contributed by atoms with Crippen molar-refractivity contribution in [1.29, 1.82) is 0 Å². The lowest BCUT2D eigenvalue weighted by Crippen LogP contribution is -2.34. The number of imidazole rings is 1. The maximum atomic E-state index is 13.1. The first-order valence-corrected chi connectivity index (χ1v) is 15.3. The van der Waals surface area contributed by atoms with E-state index in [2.05, 4.69) is 43.0 Å². The summed E-state index contributed by atoms with van der Waals surface area (Å²) in [5.41, 5.74) is 6.20. The Morgan fingerprint density at radius 3 is 2.71 bits per heavy atom. The first-order valence-electron chi connectivity index (χ1n) is 13.0. The molecule has 11 heteroatoms. The summed E-state index contributed by atoms with van der Waals surface area (Å²) in [6.45, 7) is 3.15. The third-order valence-corrected chi connectivity index (χ3v) is 10.7. The molecule has 0 radical (unpaired) electrons. The predicted molar refractivity (Wildman–Crippen MR) is 150 cm³/mol. The molecule has 3 aliphatic rings. The Bertz CT molecular complexity index is 1540. The second kappa shape index (κ2) is 9.87. The molecular formula is C27H32N6O3S2. The Morgan fingerprint density at radius 1 is 1.08 bits per heavy atom. The van der Waals surface area contributed by atoms with Crippen LogP contribution in [0.2, 0.25) is 0 Å². The molecule has 3 aromatic rings. The van der Waals surface area contributed by atoms with Gasteiger partial charge in [0.15, 0.2) is 0 Å². The molecule has 0 bridgehead atoms. The molecule has 2 amide bonds. The summed E-state index contributed by atoms with van der Waals surface area (Å²) >= 11 is 1.26. The first-order chi connectivity index (χ1) is 18.3. The third kappa shape index (κ3) is 4.74. The van der Waals surface area contributed by atoms with E-state index in [1.54, 1.807) is 12.3 Å². The largest absolute Gasteiger partial charge is 0.338 e. The van der Waals surface area contributed by atoms with Gasteiger partial charge in [-0.25, -0.2) is 22.9 Å². The molecule has 6 rings (SSSR count). The van der Waals surface area contributed by atoms with Crippen LogP contribution in [0, 0.1) is 0 Å². The van der Waals surface area contributed by atoms with Crippen LogP contribution < -0.4 is 14.9 Å². The number of thiophene rings is 1. The van der Waals surface area contributed by atoms with E-state index in [9.17, 15) is 13.2 Å². The molecule has 1 aromatic carbocycles. The normalized spacial score (nSPS) is 17.6. The minimum absolute atomic E-state index is 0.191. The number of carbonyl (C=O) groups excluding carboxylic acids is 1. The maximum absolute atomic E-state index is 13.1. The fraction of sp³-hybridized carbons (Fsp3) is 0.407. The summed E-state index contributed by atoms with van der Waals surface area (Å²) in [6.07, 6.45) is 10.4. The van der Waals surface area contributed by atoms with Gasteiger partial charge >= 0.3 is 6.03 Å². The number of nitrogens with zero attached hydrogens (tertiary/aromatic N) is 4. The summed E-state index contributed by atoms with van der Waals surface area (Å²) in [5.74, 6) is 0.930. The third-order valence-electron chi connectivity index (χ3n) is 7.68. The van der Waals surface area contributed by atoms with Crippen molar-refractivity contribution in [2.45, 2.75) is 42.9 Å². The number of likely N-dealkylation sites (N-methyl/N-ethyl adjacent to an activating group) is 1. The number of anilines is 2. The van der Waals surface area contributed by atoms with Crippen molar-refractivity contribution in [3.05, 3.63) is 63.8 Å². The number of amides is 2. The second-order valence-corrected chi connectivity index (χ2v) is 13.4. The lowest BCUT2D eigenvalue weighted by molar-refractivity contribution is 0.256. The lowest BCUT2D eigenvalue weighted by atomic mass is 9.93. The molecule has 0 atom stereocenters. The second-order valence-electron chi connectivity index (χ2n) is 10.3. The van der Waals surface area contributed by atoms with E-state index in [1.807, 2.05) is 24.9 Å². The number of rotatable bonds is 5. The molecule has 0 fully saturated rings. The number of urea groups is 1. The van der Waals surface area contributed by atoms with Gasteiger partial charge in [0.25, 0.3) is 10.0 Å². The van der Waals surface area contributed by atoms with Gasteiger partial charge in [0, 0.05) is 56.1 Å². The van der Waals surface area contributed by atoms with Crippen molar-refractivity contribution in [3.63, 3.8) is 0 Å². The Kier molecular flexibility index (Phi) is 6.53. The van der Waals surface area contributed by atoms with E-state index in [1.165, 1.54) is 16.9 Å². The van der Waals surface area contributed by atoms with Gasteiger partial charge in [0.2, 0.25) is 5.95 Å². The fourth-order valence-corrected chi connectivity index (χ4v) is 8.18. The molecule has 9 nitrogen and oxygen atoms in total. The zero-order chi connectivity index (χ0) is 26.4. The van der Waals surface area contributed by atoms with Crippen molar-refractivity contribution in [1.82, 2.24) is 19.2 Å². The highest BCUT2D eigenvalue weighted by Crippen LogP contribution is 2.38. The molecule has 38 heavy (non-hydrogen) atoms. The van der Waals surface area contributed by atoms with Crippen LogP contribution in [0.4, 0.5) is 16.4 Å². The van der Waals surface area contributed by atoms with E-state index in [0.717, 1.165) is 97.1 Å². The smallest absolute Gasteiger partial charge is 0.333 e. The molecule has 0 spiro atoms. The van der Waals surface area contributed by atoms with Gasteiger partial charge < -0.3 is 19.7 Å². The van der Waals surface area contributed by atoms with Crippen LogP contribution >= 0.6 is 11.3 Å². The summed E-state index contributed by atoms with van der Waals surface area (Å²) in [4.78, 5) is 23.1. The number of fused-ring (bicyclic) bond motifs is 2.